The molecule has 28 heavy (non-hydrogen) atoms. The second-order valence-electron chi connectivity index (χ2n) is 7.40. The summed E-state index contributed by atoms with van der Waals surface area (Å²) in [6.45, 7) is 6.16. The van der Waals surface area contributed by atoms with Crippen molar-refractivity contribution < 1.29 is 24.8 Å². The van der Waals surface area contributed by atoms with Gasteiger partial charge in [-0.2, -0.15) is 0 Å². The van der Waals surface area contributed by atoms with Crippen molar-refractivity contribution in [3.05, 3.63) is 59.2 Å². The van der Waals surface area contributed by atoms with E-state index in [1.807, 2.05) is 43.3 Å². The van der Waals surface area contributed by atoms with E-state index in [4.69, 9.17) is 26.2 Å². The molecule has 2 aromatic carbocycles. The van der Waals surface area contributed by atoms with E-state index >= 15 is 0 Å². The predicted molar refractivity (Wildman–Crippen MR) is 111 cm³/mol. The molecule has 0 saturated heterocycles. The van der Waals surface area contributed by atoms with E-state index in [2.05, 4.69) is 19.9 Å². The molecule has 2 rings (SSSR count). The van der Waals surface area contributed by atoms with Gasteiger partial charge in [-0.05, 0) is 41.8 Å². The van der Waals surface area contributed by atoms with Gasteiger partial charge < -0.3 is 24.8 Å². The summed E-state index contributed by atoms with van der Waals surface area (Å²) in [5, 5.41) is 27.8. The topological polar surface area (TPSA) is 79.2 Å². The zero-order chi connectivity index (χ0) is 20.7. The average Bonchev–Trinajstić information content (AvgIpc) is 2.70. The van der Waals surface area contributed by atoms with Crippen LogP contribution >= 0.6 is 11.6 Å². The fraction of sp³-hybridized carbons (Fsp3) is 0.455. The number of halogens is 1. The highest BCUT2D eigenvalue weighted by atomic mass is 35.5. The molecule has 0 heterocycles. The van der Waals surface area contributed by atoms with Crippen LogP contribution in [0, 0.1) is 6.92 Å². The maximum absolute atomic E-state index is 9.55. The lowest BCUT2D eigenvalue weighted by Crippen LogP contribution is -2.22. The standard InChI is InChI=1S/C22H29ClO5/c1-15-10-17(6-9-21(15)28-13-18(25)11-23)22(2,3)16-4-7-20(8-5-16)27-14-19(26)12-24/h4-10,18-19,24-26H,11-14H2,1-3H3/t18-,19+/m1/s1. The molecule has 0 aromatic heterocycles. The number of aliphatic hydroxyl groups excluding tert-OH is 3. The molecule has 0 radical (unpaired) electrons. The van der Waals surface area contributed by atoms with Gasteiger partial charge in [0.05, 0.1) is 12.5 Å². The Balaban J connectivity index is 2.11. The van der Waals surface area contributed by atoms with Crippen molar-refractivity contribution in [2.75, 3.05) is 25.7 Å². The quantitative estimate of drug-likeness (QED) is 0.526. The number of ether oxygens (including phenoxy) is 2. The number of hydrogen-bond acceptors (Lipinski definition) is 5. The van der Waals surface area contributed by atoms with Crippen molar-refractivity contribution in [1.29, 1.82) is 0 Å². The molecule has 5 nitrogen and oxygen atoms in total. The second-order valence-corrected chi connectivity index (χ2v) is 7.70. The van der Waals surface area contributed by atoms with Gasteiger partial charge in [-0.15, -0.1) is 11.6 Å². The third-order valence-corrected chi connectivity index (χ3v) is 5.09. The van der Waals surface area contributed by atoms with E-state index in [-0.39, 0.29) is 31.1 Å². The van der Waals surface area contributed by atoms with Gasteiger partial charge in [0.1, 0.15) is 36.9 Å². The highest BCUT2D eigenvalue weighted by Crippen LogP contribution is 2.34. The number of hydrogen-bond donors (Lipinski definition) is 3. The molecule has 154 valence electrons. The van der Waals surface area contributed by atoms with Crippen molar-refractivity contribution in [2.45, 2.75) is 38.4 Å². The van der Waals surface area contributed by atoms with Crippen LogP contribution in [0.5, 0.6) is 11.5 Å². The van der Waals surface area contributed by atoms with E-state index in [0.29, 0.717) is 5.75 Å². The molecule has 0 aliphatic heterocycles. The lowest BCUT2D eigenvalue weighted by Gasteiger charge is -2.27. The SMILES string of the molecule is Cc1cc(C(C)(C)c2ccc(OC[C@@H](O)CO)cc2)ccc1OC[C@H](O)CCl. The van der Waals surface area contributed by atoms with Crippen LogP contribution in [0.1, 0.15) is 30.5 Å². The van der Waals surface area contributed by atoms with E-state index < -0.39 is 12.2 Å². The molecule has 0 aliphatic rings. The van der Waals surface area contributed by atoms with Crippen LogP contribution in [0.15, 0.2) is 42.5 Å². The summed E-state index contributed by atoms with van der Waals surface area (Å²) in [5.41, 5.74) is 3.01. The Hall–Kier alpha value is -1.79. The predicted octanol–water partition coefficient (Wildman–Crippen LogP) is 3.03. The Morgan fingerprint density at radius 3 is 2.11 bits per heavy atom. The van der Waals surface area contributed by atoms with Gasteiger partial charge in [0.15, 0.2) is 0 Å². The van der Waals surface area contributed by atoms with Gasteiger partial charge in [0, 0.05) is 5.41 Å². The highest BCUT2D eigenvalue weighted by molar-refractivity contribution is 6.18. The van der Waals surface area contributed by atoms with Gasteiger partial charge in [0.2, 0.25) is 0 Å². The van der Waals surface area contributed by atoms with Gasteiger partial charge in [0.25, 0.3) is 0 Å². The summed E-state index contributed by atoms with van der Waals surface area (Å²) in [7, 11) is 0. The second kappa shape index (κ2) is 10.1. The Bertz CT molecular complexity index is 745. The van der Waals surface area contributed by atoms with E-state index in [9.17, 15) is 10.2 Å². The van der Waals surface area contributed by atoms with Crippen LogP contribution in [0.4, 0.5) is 0 Å². The van der Waals surface area contributed by atoms with Crippen molar-refractivity contribution in [3.8, 4) is 11.5 Å². The number of aryl methyl sites for hydroxylation is 1. The average molecular weight is 409 g/mol. The molecule has 2 atom stereocenters. The number of aliphatic hydroxyl groups is 3. The minimum atomic E-state index is -0.884. The Morgan fingerprint density at radius 1 is 0.929 bits per heavy atom. The minimum absolute atomic E-state index is 0.0539. The van der Waals surface area contributed by atoms with Gasteiger partial charge >= 0.3 is 0 Å². The first-order valence-corrected chi connectivity index (χ1v) is 9.81. The summed E-state index contributed by atoms with van der Waals surface area (Å²) in [6, 6.07) is 13.7. The highest BCUT2D eigenvalue weighted by Gasteiger charge is 2.24. The van der Waals surface area contributed by atoms with Crippen LogP contribution in [0.3, 0.4) is 0 Å². The molecule has 2 aromatic rings. The van der Waals surface area contributed by atoms with Crippen LogP contribution in [-0.2, 0) is 5.41 Å². The van der Waals surface area contributed by atoms with Gasteiger partial charge in [-0.1, -0.05) is 38.1 Å². The molecule has 3 N–H and O–H groups in total. The fourth-order valence-electron chi connectivity index (χ4n) is 2.81. The monoisotopic (exact) mass is 408 g/mol. The summed E-state index contributed by atoms with van der Waals surface area (Å²) in [5.74, 6) is 1.52. The first-order chi connectivity index (χ1) is 13.3. The summed E-state index contributed by atoms with van der Waals surface area (Å²) in [6.07, 6.45) is -1.57. The maximum atomic E-state index is 9.55. The fourth-order valence-corrected chi connectivity index (χ4v) is 2.90. The van der Waals surface area contributed by atoms with Crippen LogP contribution in [-0.4, -0.2) is 53.2 Å². The zero-order valence-electron chi connectivity index (χ0n) is 16.6. The molecular formula is C22H29ClO5. The normalized spacial score (nSPS) is 13.8. The maximum Gasteiger partial charge on any atom is 0.122 e. The van der Waals surface area contributed by atoms with Crippen molar-refractivity contribution >= 4 is 11.6 Å². The van der Waals surface area contributed by atoms with Gasteiger partial charge in [-0.3, -0.25) is 0 Å². The number of alkyl halides is 1. The van der Waals surface area contributed by atoms with Crippen molar-refractivity contribution in [3.63, 3.8) is 0 Å². The van der Waals surface area contributed by atoms with Crippen LogP contribution in [0.2, 0.25) is 0 Å². The van der Waals surface area contributed by atoms with Crippen LogP contribution in [0.25, 0.3) is 0 Å². The van der Waals surface area contributed by atoms with Crippen molar-refractivity contribution in [2.24, 2.45) is 0 Å². The minimum Gasteiger partial charge on any atom is -0.491 e. The Morgan fingerprint density at radius 2 is 1.54 bits per heavy atom. The lowest BCUT2D eigenvalue weighted by atomic mass is 9.77. The Kier molecular flexibility index (Phi) is 8.13. The molecule has 0 saturated carbocycles. The largest absolute Gasteiger partial charge is 0.491 e. The molecule has 6 heteroatoms. The third-order valence-electron chi connectivity index (χ3n) is 4.74. The smallest absolute Gasteiger partial charge is 0.122 e. The molecule has 0 fully saturated rings. The zero-order valence-corrected chi connectivity index (χ0v) is 17.3. The first-order valence-electron chi connectivity index (χ1n) is 9.28. The molecule has 0 spiro atoms. The lowest BCUT2D eigenvalue weighted by molar-refractivity contribution is 0.0536. The number of rotatable bonds is 10. The number of benzene rings is 2. The first kappa shape index (κ1) is 22.5. The molecule has 0 unspecified atom stereocenters. The van der Waals surface area contributed by atoms with Crippen molar-refractivity contribution in [1.82, 2.24) is 0 Å². The van der Waals surface area contributed by atoms with E-state index in [1.54, 1.807) is 0 Å². The Labute approximate surface area is 171 Å². The van der Waals surface area contributed by atoms with E-state index in [0.717, 1.165) is 22.4 Å². The summed E-state index contributed by atoms with van der Waals surface area (Å²) < 4.78 is 11.1. The summed E-state index contributed by atoms with van der Waals surface area (Å²) >= 11 is 5.60. The molecular weight excluding hydrogens is 380 g/mol. The molecule has 0 amide bonds. The molecule has 0 bridgehead atoms. The molecule has 0 aliphatic carbocycles. The van der Waals surface area contributed by atoms with Gasteiger partial charge in [-0.25, -0.2) is 0 Å². The summed E-state index contributed by atoms with van der Waals surface area (Å²) in [4.78, 5) is 0. The van der Waals surface area contributed by atoms with E-state index in [1.165, 1.54) is 0 Å². The van der Waals surface area contributed by atoms with Crippen LogP contribution < -0.4 is 9.47 Å². The third kappa shape index (κ3) is 5.85.